The number of nitrogens with one attached hydrogen (secondary N) is 1. The van der Waals surface area contributed by atoms with E-state index >= 15 is 0 Å². The van der Waals surface area contributed by atoms with Crippen molar-refractivity contribution in [2.75, 3.05) is 11.1 Å². The van der Waals surface area contributed by atoms with Crippen LogP contribution < -0.4 is 11.1 Å². The average molecular weight is 341 g/mol. The summed E-state index contributed by atoms with van der Waals surface area (Å²) in [6.45, 7) is 0. The Morgan fingerprint density at radius 1 is 1.14 bits per heavy atom. The van der Waals surface area contributed by atoms with Gasteiger partial charge in [0.15, 0.2) is 0 Å². The van der Waals surface area contributed by atoms with Gasteiger partial charge < -0.3 is 11.1 Å². The van der Waals surface area contributed by atoms with Gasteiger partial charge in [-0.3, -0.25) is 4.79 Å². The SMILES string of the molecule is N#Cc1ccc(NC(=O)c2cc(N)c(Cl)c(Cl)c2)c(Cl)c1. The van der Waals surface area contributed by atoms with Crippen molar-refractivity contribution in [3.63, 3.8) is 0 Å². The molecule has 0 saturated carbocycles. The van der Waals surface area contributed by atoms with Crippen molar-refractivity contribution in [3.8, 4) is 6.07 Å². The molecule has 0 atom stereocenters. The first kappa shape index (κ1) is 15.5. The van der Waals surface area contributed by atoms with E-state index in [2.05, 4.69) is 5.32 Å². The molecular formula is C14H8Cl3N3O. The standard InChI is InChI=1S/C14H8Cl3N3O/c15-9-3-7(6-18)1-2-12(9)20-14(21)8-4-10(16)13(17)11(19)5-8/h1-5H,19H2,(H,20,21). The van der Waals surface area contributed by atoms with Crippen LogP contribution in [0.1, 0.15) is 15.9 Å². The number of nitriles is 1. The molecule has 0 bridgehead atoms. The number of nitrogens with zero attached hydrogens (tertiary/aromatic N) is 1. The van der Waals surface area contributed by atoms with Gasteiger partial charge in [-0.05, 0) is 30.3 Å². The second kappa shape index (κ2) is 6.23. The molecule has 0 aromatic heterocycles. The van der Waals surface area contributed by atoms with Crippen molar-refractivity contribution < 1.29 is 4.79 Å². The molecule has 3 N–H and O–H groups in total. The van der Waals surface area contributed by atoms with Gasteiger partial charge in [0.1, 0.15) is 0 Å². The van der Waals surface area contributed by atoms with E-state index < -0.39 is 5.91 Å². The Kier molecular flexibility index (Phi) is 4.59. The van der Waals surface area contributed by atoms with Crippen LogP contribution in [0.2, 0.25) is 15.1 Å². The van der Waals surface area contributed by atoms with Crippen molar-refractivity contribution >= 4 is 52.1 Å². The molecule has 0 fully saturated rings. The van der Waals surface area contributed by atoms with Crippen LogP contribution in [-0.4, -0.2) is 5.91 Å². The lowest BCUT2D eigenvalue weighted by Crippen LogP contribution is -2.12. The molecule has 1 amide bonds. The molecule has 0 heterocycles. The van der Waals surface area contributed by atoms with Crippen LogP contribution in [0.3, 0.4) is 0 Å². The number of nitrogen functional groups attached to an aromatic ring is 1. The molecule has 0 aliphatic rings. The largest absolute Gasteiger partial charge is 0.397 e. The van der Waals surface area contributed by atoms with Gasteiger partial charge in [0.2, 0.25) is 0 Å². The molecule has 2 rings (SSSR count). The number of nitrogens with two attached hydrogens (primary N) is 1. The number of benzene rings is 2. The number of carbonyl (C=O) groups excluding carboxylic acids is 1. The number of halogens is 3. The smallest absolute Gasteiger partial charge is 0.255 e. The van der Waals surface area contributed by atoms with Crippen LogP contribution in [0, 0.1) is 11.3 Å². The number of carbonyl (C=O) groups is 1. The summed E-state index contributed by atoms with van der Waals surface area (Å²) in [4.78, 5) is 12.1. The van der Waals surface area contributed by atoms with Gasteiger partial charge in [0.05, 0.1) is 38.1 Å². The predicted octanol–water partition coefficient (Wildman–Crippen LogP) is 4.35. The fourth-order valence-corrected chi connectivity index (χ4v) is 2.19. The summed E-state index contributed by atoms with van der Waals surface area (Å²) in [6, 6.07) is 9.33. The van der Waals surface area contributed by atoms with Crippen LogP contribution in [-0.2, 0) is 0 Å². The van der Waals surface area contributed by atoms with Crippen LogP contribution in [0.4, 0.5) is 11.4 Å². The van der Waals surface area contributed by atoms with Gasteiger partial charge in [-0.15, -0.1) is 0 Å². The van der Waals surface area contributed by atoms with Crippen molar-refractivity contribution in [2.24, 2.45) is 0 Å². The summed E-state index contributed by atoms with van der Waals surface area (Å²) >= 11 is 17.7. The van der Waals surface area contributed by atoms with Gasteiger partial charge in [0.25, 0.3) is 5.91 Å². The zero-order valence-electron chi connectivity index (χ0n) is 10.5. The highest BCUT2D eigenvalue weighted by Crippen LogP contribution is 2.30. The van der Waals surface area contributed by atoms with E-state index in [0.717, 1.165) is 0 Å². The highest BCUT2D eigenvalue weighted by molar-refractivity contribution is 6.44. The zero-order chi connectivity index (χ0) is 15.6. The molecule has 21 heavy (non-hydrogen) atoms. The molecule has 0 aliphatic heterocycles. The highest BCUT2D eigenvalue weighted by Gasteiger charge is 2.13. The molecule has 106 valence electrons. The van der Waals surface area contributed by atoms with Gasteiger partial charge >= 0.3 is 0 Å². The van der Waals surface area contributed by atoms with Gasteiger partial charge in [-0.25, -0.2) is 0 Å². The molecule has 0 unspecified atom stereocenters. The van der Waals surface area contributed by atoms with E-state index in [0.29, 0.717) is 11.3 Å². The van der Waals surface area contributed by atoms with Crippen molar-refractivity contribution in [2.45, 2.75) is 0 Å². The lowest BCUT2D eigenvalue weighted by molar-refractivity contribution is 0.102. The summed E-state index contributed by atoms with van der Waals surface area (Å²) in [7, 11) is 0. The number of anilines is 2. The van der Waals surface area contributed by atoms with Crippen LogP contribution in [0.5, 0.6) is 0 Å². The van der Waals surface area contributed by atoms with Crippen LogP contribution in [0.15, 0.2) is 30.3 Å². The fraction of sp³-hybridized carbons (Fsp3) is 0. The van der Waals surface area contributed by atoms with Gasteiger partial charge in [0, 0.05) is 5.56 Å². The highest BCUT2D eigenvalue weighted by atomic mass is 35.5. The second-order valence-electron chi connectivity index (χ2n) is 4.12. The molecule has 2 aromatic carbocycles. The fourth-order valence-electron chi connectivity index (χ4n) is 1.62. The monoisotopic (exact) mass is 339 g/mol. The maximum absolute atomic E-state index is 12.1. The molecule has 0 spiro atoms. The van der Waals surface area contributed by atoms with E-state index in [1.165, 1.54) is 18.2 Å². The first-order chi connectivity index (χ1) is 9.92. The molecule has 0 aliphatic carbocycles. The molecule has 4 nitrogen and oxygen atoms in total. The van der Waals surface area contributed by atoms with Crippen molar-refractivity contribution in [3.05, 3.63) is 56.5 Å². The molecule has 2 aromatic rings. The van der Waals surface area contributed by atoms with E-state index in [1.807, 2.05) is 6.07 Å². The minimum absolute atomic E-state index is 0.188. The summed E-state index contributed by atoms with van der Waals surface area (Å²) in [5.41, 5.74) is 6.90. The minimum Gasteiger partial charge on any atom is -0.397 e. The van der Waals surface area contributed by atoms with E-state index in [9.17, 15) is 4.79 Å². The molecule has 0 radical (unpaired) electrons. The summed E-state index contributed by atoms with van der Waals surface area (Å²) in [5.74, 6) is -0.438. The molecule has 0 saturated heterocycles. The number of rotatable bonds is 2. The Labute approximate surface area is 136 Å². The summed E-state index contributed by atoms with van der Waals surface area (Å²) < 4.78 is 0. The third-order valence-electron chi connectivity index (χ3n) is 2.66. The maximum atomic E-state index is 12.1. The third-order valence-corrected chi connectivity index (χ3v) is 3.79. The maximum Gasteiger partial charge on any atom is 0.255 e. The van der Waals surface area contributed by atoms with Gasteiger partial charge in [-0.1, -0.05) is 34.8 Å². The van der Waals surface area contributed by atoms with Crippen molar-refractivity contribution in [1.82, 2.24) is 0 Å². The van der Waals surface area contributed by atoms with E-state index in [1.54, 1.807) is 12.1 Å². The Morgan fingerprint density at radius 3 is 2.43 bits per heavy atom. The molecule has 7 heteroatoms. The summed E-state index contributed by atoms with van der Waals surface area (Å²) in [6.07, 6.45) is 0. The Hall–Kier alpha value is -1.93. The first-order valence-corrected chi connectivity index (χ1v) is 6.81. The number of hydrogen-bond acceptors (Lipinski definition) is 3. The lowest BCUT2D eigenvalue weighted by Gasteiger charge is -2.09. The second-order valence-corrected chi connectivity index (χ2v) is 5.31. The Balaban J connectivity index is 2.28. The quantitative estimate of drug-likeness (QED) is 0.797. The van der Waals surface area contributed by atoms with Gasteiger partial charge in [-0.2, -0.15) is 5.26 Å². The topological polar surface area (TPSA) is 78.9 Å². The Morgan fingerprint density at radius 2 is 1.86 bits per heavy atom. The lowest BCUT2D eigenvalue weighted by atomic mass is 10.1. The number of amides is 1. The van der Waals surface area contributed by atoms with Crippen molar-refractivity contribution in [1.29, 1.82) is 5.26 Å². The first-order valence-electron chi connectivity index (χ1n) is 5.68. The van der Waals surface area contributed by atoms with Crippen LogP contribution >= 0.6 is 34.8 Å². The summed E-state index contributed by atoms with van der Waals surface area (Å²) in [5, 5.41) is 12.0. The van der Waals surface area contributed by atoms with E-state index in [4.69, 9.17) is 45.8 Å². The minimum atomic E-state index is -0.438. The Bertz CT molecular complexity index is 746. The third kappa shape index (κ3) is 3.40. The molecular weight excluding hydrogens is 333 g/mol. The average Bonchev–Trinajstić information content (AvgIpc) is 2.46. The van der Waals surface area contributed by atoms with Crippen LogP contribution in [0.25, 0.3) is 0 Å². The normalized spacial score (nSPS) is 10.0. The van der Waals surface area contributed by atoms with E-state index in [-0.39, 0.29) is 26.3 Å². The zero-order valence-corrected chi connectivity index (χ0v) is 12.7. The number of hydrogen-bond donors (Lipinski definition) is 2. The predicted molar refractivity (Wildman–Crippen MR) is 85.0 cm³/mol.